The zero-order valence-electron chi connectivity index (χ0n) is 19.1. The van der Waals surface area contributed by atoms with Crippen LogP contribution in [0, 0.1) is 41.4 Å². The minimum atomic E-state index is -1.31. The Labute approximate surface area is 183 Å². The van der Waals surface area contributed by atoms with E-state index in [1.807, 2.05) is 13.8 Å². The maximum absolute atomic E-state index is 14.0. The van der Waals surface area contributed by atoms with Gasteiger partial charge in [0.2, 0.25) is 5.79 Å². The lowest BCUT2D eigenvalue weighted by Gasteiger charge is -2.58. The third-order valence-corrected chi connectivity index (χ3v) is 9.88. The van der Waals surface area contributed by atoms with Crippen LogP contribution in [-0.4, -0.2) is 46.1 Å². The highest BCUT2D eigenvalue weighted by Gasteiger charge is 2.85. The average molecular weight is 431 g/mol. The van der Waals surface area contributed by atoms with Crippen LogP contribution in [0.3, 0.4) is 0 Å². The Balaban J connectivity index is 1.42. The molecule has 170 valence electrons. The van der Waals surface area contributed by atoms with E-state index in [0.29, 0.717) is 18.8 Å². The number of carbonyl (C=O) groups is 2. The van der Waals surface area contributed by atoms with Crippen molar-refractivity contribution in [1.82, 2.24) is 0 Å². The molecule has 2 unspecified atom stereocenters. The number of ether oxygens (including phenoxy) is 3. The van der Waals surface area contributed by atoms with Crippen molar-refractivity contribution in [3.8, 4) is 0 Å². The van der Waals surface area contributed by atoms with Crippen LogP contribution >= 0.6 is 0 Å². The minimum absolute atomic E-state index is 0.0312. The molecule has 3 aliphatic heterocycles. The number of hydrogen-bond donors (Lipinski definition) is 1. The van der Waals surface area contributed by atoms with Gasteiger partial charge in [0.05, 0.1) is 17.6 Å². The molecule has 2 bridgehead atoms. The summed E-state index contributed by atoms with van der Waals surface area (Å²) in [7, 11) is 0. The summed E-state index contributed by atoms with van der Waals surface area (Å²) >= 11 is 0. The van der Waals surface area contributed by atoms with E-state index in [1.54, 1.807) is 0 Å². The fourth-order valence-corrected chi connectivity index (χ4v) is 8.35. The zero-order valence-corrected chi connectivity index (χ0v) is 19.1. The van der Waals surface area contributed by atoms with E-state index in [9.17, 15) is 14.7 Å². The first kappa shape index (κ1) is 20.4. The summed E-state index contributed by atoms with van der Waals surface area (Å²) < 4.78 is 19.1. The van der Waals surface area contributed by atoms with E-state index in [0.717, 1.165) is 18.4 Å². The molecule has 6 aliphatic rings. The van der Waals surface area contributed by atoms with E-state index in [4.69, 9.17) is 14.2 Å². The van der Waals surface area contributed by atoms with Gasteiger partial charge in [0.15, 0.2) is 0 Å². The second-order valence-electron chi connectivity index (χ2n) is 11.7. The van der Waals surface area contributed by atoms with E-state index in [-0.39, 0.29) is 53.6 Å². The van der Waals surface area contributed by atoms with Gasteiger partial charge in [0, 0.05) is 23.8 Å². The third-order valence-electron chi connectivity index (χ3n) is 9.88. The normalized spacial score (nSPS) is 59.0. The standard InChI is InChI=1S/C25H34O6/c1-11-8-15(11)25-24(28)14(4)20-17(30-25)9-13(3)19(20)21(27)22(24)23(5,31-25)7-6-16-12(2)10-18(26)29-16/h10-11,13-17,19-20,22,28H,6-9H2,1-5H3/t11-,13-,14+,15?,16?,17-,19+,20-,22-,23+,24+,25+/m0/s1. The Morgan fingerprint density at radius 3 is 2.48 bits per heavy atom. The first-order valence-electron chi connectivity index (χ1n) is 12.1. The van der Waals surface area contributed by atoms with Crippen LogP contribution < -0.4 is 0 Å². The largest absolute Gasteiger partial charge is 0.455 e. The monoisotopic (exact) mass is 430 g/mol. The van der Waals surface area contributed by atoms with Crippen molar-refractivity contribution in [3.05, 3.63) is 11.6 Å². The fraction of sp³-hybridized carbons (Fsp3) is 0.840. The quantitative estimate of drug-likeness (QED) is 0.691. The summed E-state index contributed by atoms with van der Waals surface area (Å²) in [6, 6.07) is 0. The topological polar surface area (TPSA) is 82.1 Å². The van der Waals surface area contributed by atoms with Gasteiger partial charge in [-0.15, -0.1) is 0 Å². The molecule has 6 heteroatoms. The van der Waals surface area contributed by atoms with Crippen molar-refractivity contribution in [2.75, 3.05) is 0 Å². The van der Waals surface area contributed by atoms with E-state index < -0.39 is 22.9 Å². The van der Waals surface area contributed by atoms with Crippen molar-refractivity contribution in [2.24, 2.45) is 41.4 Å². The Bertz CT molecular complexity index is 896. The highest BCUT2D eigenvalue weighted by Crippen LogP contribution is 2.72. The van der Waals surface area contributed by atoms with Gasteiger partial charge in [-0.25, -0.2) is 4.79 Å². The van der Waals surface area contributed by atoms with Crippen molar-refractivity contribution < 1.29 is 28.9 Å². The number of cyclic esters (lactones) is 1. The van der Waals surface area contributed by atoms with Crippen molar-refractivity contribution in [1.29, 1.82) is 0 Å². The van der Waals surface area contributed by atoms with Crippen LogP contribution in [0.15, 0.2) is 11.6 Å². The lowest BCUT2D eigenvalue weighted by molar-refractivity contribution is -0.374. The second kappa shape index (κ2) is 6.00. The number of rotatable bonds is 4. The van der Waals surface area contributed by atoms with E-state index >= 15 is 0 Å². The summed E-state index contributed by atoms with van der Waals surface area (Å²) in [5.41, 5.74) is -1.26. The molecule has 12 atom stereocenters. The molecule has 0 aromatic rings. The maximum atomic E-state index is 14.0. The highest BCUT2D eigenvalue weighted by molar-refractivity contribution is 5.89. The molecular weight excluding hydrogens is 396 g/mol. The van der Waals surface area contributed by atoms with E-state index in [1.165, 1.54) is 6.08 Å². The van der Waals surface area contributed by atoms with Crippen LogP contribution in [0.4, 0.5) is 0 Å². The Morgan fingerprint density at radius 1 is 1.16 bits per heavy atom. The molecular formula is C25H34O6. The number of esters is 1. The Hall–Kier alpha value is -1.24. The molecule has 0 aromatic carbocycles. The lowest BCUT2D eigenvalue weighted by atomic mass is 9.52. The van der Waals surface area contributed by atoms with Gasteiger partial charge in [0.25, 0.3) is 0 Å². The third kappa shape index (κ3) is 2.29. The van der Waals surface area contributed by atoms with Gasteiger partial charge < -0.3 is 19.3 Å². The van der Waals surface area contributed by atoms with Crippen LogP contribution in [-0.2, 0) is 23.8 Å². The van der Waals surface area contributed by atoms with Crippen LogP contribution in [0.25, 0.3) is 0 Å². The zero-order chi connectivity index (χ0) is 22.1. The molecule has 2 saturated heterocycles. The number of ketones is 1. The molecule has 6 nitrogen and oxygen atoms in total. The second-order valence-corrected chi connectivity index (χ2v) is 11.7. The fourth-order valence-electron chi connectivity index (χ4n) is 8.35. The first-order valence-corrected chi connectivity index (χ1v) is 12.1. The van der Waals surface area contributed by atoms with Gasteiger partial charge in [-0.3, -0.25) is 4.79 Å². The van der Waals surface area contributed by atoms with Gasteiger partial charge in [-0.05, 0) is 62.9 Å². The first-order chi connectivity index (χ1) is 14.5. The van der Waals surface area contributed by atoms with Gasteiger partial charge >= 0.3 is 5.97 Å². The summed E-state index contributed by atoms with van der Waals surface area (Å²) in [5.74, 6) is -1.17. The van der Waals surface area contributed by atoms with Crippen molar-refractivity contribution >= 4 is 11.8 Å². The van der Waals surface area contributed by atoms with E-state index in [2.05, 4.69) is 20.8 Å². The molecule has 0 radical (unpaired) electrons. The molecule has 3 saturated carbocycles. The van der Waals surface area contributed by atoms with Crippen LogP contribution in [0.5, 0.6) is 0 Å². The molecule has 31 heavy (non-hydrogen) atoms. The number of hydrogen-bond acceptors (Lipinski definition) is 6. The molecule has 6 rings (SSSR count). The lowest BCUT2D eigenvalue weighted by Crippen LogP contribution is -2.73. The Morgan fingerprint density at radius 2 is 1.87 bits per heavy atom. The molecule has 0 spiro atoms. The summed E-state index contributed by atoms with van der Waals surface area (Å²) in [6.07, 6.45) is 4.12. The van der Waals surface area contributed by atoms with Gasteiger partial charge in [0.1, 0.15) is 17.5 Å². The molecule has 5 fully saturated rings. The maximum Gasteiger partial charge on any atom is 0.331 e. The number of aliphatic hydroxyl groups is 1. The van der Waals surface area contributed by atoms with Gasteiger partial charge in [-0.2, -0.15) is 0 Å². The predicted molar refractivity (Wildman–Crippen MR) is 111 cm³/mol. The smallest absolute Gasteiger partial charge is 0.331 e. The number of Topliss-reactive ketones (excluding diaryl/α,β-unsaturated/α-hetero) is 1. The van der Waals surface area contributed by atoms with Gasteiger partial charge in [-0.1, -0.05) is 20.8 Å². The molecule has 3 heterocycles. The average Bonchev–Trinajstić information content (AvgIpc) is 3.08. The predicted octanol–water partition coefficient (Wildman–Crippen LogP) is 3.02. The van der Waals surface area contributed by atoms with Crippen LogP contribution in [0.1, 0.15) is 60.3 Å². The summed E-state index contributed by atoms with van der Waals surface area (Å²) in [4.78, 5) is 25.7. The minimum Gasteiger partial charge on any atom is -0.455 e. The highest BCUT2D eigenvalue weighted by atomic mass is 16.7. The van der Waals surface area contributed by atoms with Crippen molar-refractivity contribution in [2.45, 2.75) is 89.5 Å². The SMILES string of the molecule is CC1=CC(=O)OC1CC[C@@]1(C)O[C@@]2(C3C[C@@H]3C)O[C@H]3C[C@H](C)[C@H]4C(=O)[C@@H]1[C@]2(O)[C@H](C)[C@H]43. The molecule has 0 aromatic heterocycles. The molecule has 0 amide bonds. The molecule has 3 aliphatic carbocycles. The van der Waals surface area contributed by atoms with Crippen LogP contribution in [0.2, 0.25) is 0 Å². The number of carbonyl (C=O) groups excluding carboxylic acids is 2. The molecule has 1 N–H and O–H groups in total. The van der Waals surface area contributed by atoms with Crippen molar-refractivity contribution in [3.63, 3.8) is 0 Å². The summed E-state index contributed by atoms with van der Waals surface area (Å²) in [5, 5.41) is 12.4. The Kier molecular flexibility index (Phi) is 3.95. The summed E-state index contributed by atoms with van der Waals surface area (Å²) in [6.45, 7) is 10.3.